The fraction of sp³-hybridized carbons (Fsp3) is 0.133. The SMILES string of the molecule is NC1=NCC(c2cccc(F)c2)N1c1cccc(F)c1. The van der Waals surface area contributed by atoms with Crippen LogP contribution in [0.2, 0.25) is 0 Å². The van der Waals surface area contributed by atoms with Crippen molar-refractivity contribution >= 4 is 11.6 Å². The van der Waals surface area contributed by atoms with E-state index in [-0.39, 0.29) is 17.7 Å². The van der Waals surface area contributed by atoms with Crippen LogP contribution in [0.25, 0.3) is 0 Å². The second-order valence-electron chi connectivity index (χ2n) is 4.62. The highest BCUT2D eigenvalue weighted by Gasteiger charge is 2.29. The summed E-state index contributed by atoms with van der Waals surface area (Å²) in [5, 5.41) is 0. The molecule has 3 rings (SSSR count). The van der Waals surface area contributed by atoms with Gasteiger partial charge in [0.2, 0.25) is 0 Å². The van der Waals surface area contributed by atoms with Crippen molar-refractivity contribution in [2.45, 2.75) is 6.04 Å². The zero-order valence-electron chi connectivity index (χ0n) is 10.6. The number of hydrogen-bond donors (Lipinski definition) is 1. The van der Waals surface area contributed by atoms with Gasteiger partial charge in [0.05, 0.1) is 12.6 Å². The van der Waals surface area contributed by atoms with Crippen molar-refractivity contribution in [3.8, 4) is 0 Å². The quantitative estimate of drug-likeness (QED) is 0.914. The summed E-state index contributed by atoms with van der Waals surface area (Å²) in [6.07, 6.45) is 0. The van der Waals surface area contributed by atoms with E-state index in [1.807, 2.05) is 6.07 Å². The summed E-state index contributed by atoms with van der Waals surface area (Å²) in [6, 6.07) is 12.2. The molecule has 102 valence electrons. The van der Waals surface area contributed by atoms with Gasteiger partial charge in [0, 0.05) is 5.69 Å². The molecular formula is C15H13F2N3. The lowest BCUT2D eigenvalue weighted by atomic mass is 10.1. The van der Waals surface area contributed by atoms with Crippen LogP contribution in [0.15, 0.2) is 53.5 Å². The Morgan fingerprint density at radius 2 is 1.75 bits per heavy atom. The van der Waals surface area contributed by atoms with Gasteiger partial charge in [0.15, 0.2) is 5.96 Å². The molecule has 20 heavy (non-hydrogen) atoms. The Hall–Kier alpha value is -2.43. The molecule has 1 aliphatic heterocycles. The summed E-state index contributed by atoms with van der Waals surface area (Å²) in [4.78, 5) is 5.91. The van der Waals surface area contributed by atoms with Crippen LogP contribution in [-0.2, 0) is 0 Å². The second kappa shape index (κ2) is 4.92. The Labute approximate surface area is 115 Å². The standard InChI is InChI=1S/C15H13F2N3/c16-11-4-1-3-10(7-11)14-9-19-15(18)20(14)13-6-2-5-12(17)8-13/h1-8,14H,9H2,(H2,18,19). The molecule has 0 aliphatic carbocycles. The summed E-state index contributed by atoms with van der Waals surface area (Å²) < 4.78 is 26.7. The Kier molecular flexibility index (Phi) is 3.10. The molecule has 0 radical (unpaired) electrons. The maximum atomic E-state index is 13.4. The molecule has 0 aromatic heterocycles. The molecule has 0 amide bonds. The van der Waals surface area contributed by atoms with Crippen LogP contribution < -0.4 is 10.6 Å². The molecule has 5 heteroatoms. The van der Waals surface area contributed by atoms with Crippen LogP contribution in [0.3, 0.4) is 0 Å². The Morgan fingerprint density at radius 3 is 2.45 bits per heavy atom. The van der Waals surface area contributed by atoms with Gasteiger partial charge in [-0.15, -0.1) is 0 Å². The molecule has 1 atom stereocenters. The van der Waals surface area contributed by atoms with E-state index in [4.69, 9.17) is 5.73 Å². The summed E-state index contributed by atoms with van der Waals surface area (Å²) in [7, 11) is 0. The van der Waals surface area contributed by atoms with E-state index in [0.717, 1.165) is 5.56 Å². The van der Waals surface area contributed by atoms with E-state index in [1.165, 1.54) is 24.3 Å². The number of rotatable bonds is 2. The van der Waals surface area contributed by atoms with Crippen LogP contribution in [0.1, 0.15) is 11.6 Å². The molecule has 0 saturated heterocycles. The Balaban J connectivity index is 2.00. The van der Waals surface area contributed by atoms with Gasteiger partial charge in [-0.1, -0.05) is 18.2 Å². The van der Waals surface area contributed by atoms with Crippen LogP contribution in [0.5, 0.6) is 0 Å². The largest absolute Gasteiger partial charge is 0.369 e. The first kappa shape index (κ1) is 12.6. The monoisotopic (exact) mass is 273 g/mol. The maximum Gasteiger partial charge on any atom is 0.196 e. The summed E-state index contributed by atoms with van der Waals surface area (Å²) >= 11 is 0. The zero-order chi connectivity index (χ0) is 14.1. The van der Waals surface area contributed by atoms with Gasteiger partial charge in [-0.2, -0.15) is 0 Å². The van der Waals surface area contributed by atoms with Gasteiger partial charge in [-0.3, -0.25) is 4.99 Å². The van der Waals surface area contributed by atoms with Crippen LogP contribution in [0, 0.1) is 11.6 Å². The van der Waals surface area contributed by atoms with E-state index >= 15 is 0 Å². The summed E-state index contributed by atoms with van der Waals surface area (Å²) in [6.45, 7) is 0.422. The van der Waals surface area contributed by atoms with Gasteiger partial charge < -0.3 is 10.6 Å². The lowest BCUT2D eigenvalue weighted by Gasteiger charge is -2.26. The fourth-order valence-electron chi connectivity index (χ4n) is 2.40. The average molecular weight is 273 g/mol. The average Bonchev–Trinajstić information content (AvgIpc) is 2.80. The third kappa shape index (κ3) is 2.22. The minimum absolute atomic E-state index is 0.215. The van der Waals surface area contributed by atoms with Crippen molar-refractivity contribution < 1.29 is 8.78 Å². The molecule has 3 nitrogen and oxygen atoms in total. The topological polar surface area (TPSA) is 41.6 Å². The molecule has 0 bridgehead atoms. The number of guanidine groups is 1. The van der Waals surface area contributed by atoms with Crippen molar-refractivity contribution in [2.24, 2.45) is 10.7 Å². The van der Waals surface area contributed by atoms with Gasteiger partial charge in [-0.05, 0) is 35.9 Å². The minimum atomic E-state index is -0.347. The highest BCUT2D eigenvalue weighted by atomic mass is 19.1. The third-order valence-electron chi connectivity index (χ3n) is 3.30. The van der Waals surface area contributed by atoms with Gasteiger partial charge in [0.25, 0.3) is 0 Å². The number of nitrogens with two attached hydrogens (primary N) is 1. The number of hydrogen-bond acceptors (Lipinski definition) is 3. The molecule has 0 saturated carbocycles. The smallest absolute Gasteiger partial charge is 0.196 e. The first-order chi connectivity index (χ1) is 9.65. The Bertz CT molecular complexity index is 670. The molecule has 2 N–H and O–H groups in total. The first-order valence-electron chi connectivity index (χ1n) is 6.25. The van der Waals surface area contributed by atoms with Gasteiger partial charge in [0.1, 0.15) is 11.6 Å². The number of benzene rings is 2. The third-order valence-corrected chi connectivity index (χ3v) is 3.30. The van der Waals surface area contributed by atoms with Crippen LogP contribution >= 0.6 is 0 Å². The lowest BCUT2D eigenvalue weighted by Crippen LogP contribution is -2.36. The van der Waals surface area contributed by atoms with E-state index in [1.54, 1.807) is 23.1 Å². The molecule has 0 fully saturated rings. The summed E-state index contributed by atoms with van der Waals surface area (Å²) in [5.74, 6) is -0.350. The zero-order valence-corrected chi connectivity index (χ0v) is 10.6. The highest BCUT2D eigenvalue weighted by molar-refractivity contribution is 5.97. The van der Waals surface area contributed by atoms with Gasteiger partial charge >= 0.3 is 0 Å². The highest BCUT2D eigenvalue weighted by Crippen LogP contribution is 2.31. The predicted octanol–water partition coefficient (Wildman–Crippen LogP) is 2.84. The number of anilines is 1. The van der Waals surface area contributed by atoms with Crippen molar-refractivity contribution in [1.29, 1.82) is 0 Å². The fourth-order valence-corrected chi connectivity index (χ4v) is 2.40. The number of aliphatic imine (C=N–C) groups is 1. The molecule has 1 heterocycles. The van der Waals surface area contributed by atoms with E-state index in [2.05, 4.69) is 4.99 Å². The lowest BCUT2D eigenvalue weighted by molar-refractivity contribution is 0.619. The van der Waals surface area contributed by atoms with Crippen molar-refractivity contribution in [3.63, 3.8) is 0 Å². The second-order valence-corrected chi connectivity index (χ2v) is 4.62. The molecular weight excluding hydrogens is 260 g/mol. The van der Waals surface area contributed by atoms with Crippen LogP contribution in [-0.4, -0.2) is 12.5 Å². The maximum absolute atomic E-state index is 13.4. The molecule has 1 unspecified atom stereocenters. The molecule has 2 aromatic rings. The normalized spacial score (nSPS) is 18.2. The number of halogens is 2. The summed E-state index contributed by atoms with van der Waals surface area (Å²) in [5.41, 5.74) is 7.26. The predicted molar refractivity (Wildman–Crippen MR) is 74.5 cm³/mol. The van der Waals surface area contributed by atoms with E-state index in [0.29, 0.717) is 18.2 Å². The Morgan fingerprint density at radius 1 is 1.05 bits per heavy atom. The molecule has 1 aliphatic rings. The van der Waals surface area contributed by atoms with E-state index in [9.17, 15) is 8.78 Å². The number of nitrogens with zero attached hydrogens (tertiary/aromatic N) is 2. The van der Waals surface area contributed by atoms with Crippen molar-refractivity contribution in [3.05, 3.63) is 65.7 Å². The minimum Gasteiger partial charge on any atom is -0.369 e. The van der Waals surface area contributed by atoms with Crippen molar-refractivity contribution in [1.82, 2.24) is 0 Å². The molecule has 2 aromatic carbocycles. The first-order valence-corrected chi connectivity index (χ1v) is 6.25. The van der Waals surface area contributed by atoms with Crippen LogP contribution in [0.4, 0.5) is 14.5 Å². The van der Waals surface area contributed by atoms with E-state index < -0.39 is 0 Å². The van der Waals surface area contributed by atoms with Gasteiger partial charge in [-0.25, -0.2) is 8.78 Å². The van der Waals surface area contributed by atoms with Crippen molar-refractivity contribution in [2.75, 3.05) is 11.4 Å². The molecule has 0 spiro atoms.